The number of nitrogens with one attached hydrogen (secondary N) is 2. The molecule has 2 aromatic carbocycles. The predicted molar refractivity (Wildman–Crippen MR) is 99.1 cm³/mol. The molecule has 4 nitrogen and oxygen atoms in total. The van der Waals surface area contributed by atoms with E-state index >= 15 is 0 Å². The van der Waals surface area contributed by atoms with Gasteiger partial charge in [-0.1, -0.05) is 36.3 Å². The summed E-state index contributed by atoms with van der Waals surface area (Å²) in [6.07, 6.45) is 5.99. The van der Waals surface area contributed by atoms with Crippen LogP contribution in [0.3, 0.4) is 0 Å². The van der Waals surface area contributed by atoms with Crippen LogP contribution in [0.15, 0.2) is 53.5 Å². The summed E-state index contributed by atoms with van der Waals surface area (Å²) in [5.41, 5.74) is 1.78. The molecule has 0 heterocycles. The Morgan fingerprint density at radius 2 is 1.92 bits per heavy atom. The zero-order valence-electron chi connectivity index (χ0n) is 14.3. The molecular weight excluding hydrogens is 317 g/mol. The van der Waals surface area contributed by atoms with E-state index in [1.54, 1.807) is 19.2 Å². The lowest BCUT2D eigenvalue weighted by atomic mass is 10.1. The maximum atomic E-state index is 13.6. The molecule has 0 saturated carbocycles. The van der Waals surface area contributed by atoms with Crippen LogP contribution in [0.25, 0.3) is 0 Å². The van der Waals surface area contributed by atoms with E-state index in [2.05, 4.69) is 21.5 Å². The second kappa shape index (κ2) is 9.99. The van der Waals surface area contributed by atoms with Crippen molar-refractivity contribution in [3.8, 4) is 18.1 Å². The lowest BCUT2D eigenvalue weighted by molar-refractivity contribution is 0.370. The van der Waals surface area contributed by atoms with Gasteiger partial charge in [-0.05, 0) is 30.2 Å². The topological polar surface area (TPSA) is 45.6 Å². The second-order valence-corrected chi connectivity index (χ2v) is 5.33. The minimum absolute atomic E-state index is 0.224. The minimum atomic E-state index is -0.224. The summed E-state index contributed by atoms with van der Waals surface area (Å²) >= 11 is 0. The number of benzene rings is 2. The molecule has 0 aromatic heterocycles. The molecule has 0 radical (unpaired) electrons. The molecule has 25 heavy (non-hydrogen) atoms. The van der Waals surface area contributed by atoms with Crippen molar-refractivity contribution in [1.29, 1.82) is 0 Å². The summed E-state index contributed by atoms with van der Waals surface area (Å²) in [5.74, 6) is 3.61. The van der Waals surface area contributed by atoms with E-state index in [1.807, 2.05) is 30.3 Å². The summed E-state index contributed by atoms with van der Waals surface area (Å²) < 4.78 is 18.9. The Labute approximate surface area is 148 Å². The summed E-state index contributed by atoms with van der Waals surface area (Å²) in [5, 5.41) is 6.32. The zero-order valence-corrected chi connectivity index (χ0v) is 14.3. The van der Waals surface area contributed by atoms with Gasteiger partial charge >= 0.3 is 0 Å². The highest BCUT2D eigenvalue weighted by Crippen LogP contribution is 2.12. The molecule has 0 amide bonds. The normalized spacial score (nSPS) is 10.8. The highest BCUT2D eigenvalue weighted by molar-refractivity contribution is 5.79. The standard InChI is InChI=1S/C20H22FN3O/c1-3-14-25-18-10-8-16(9-11-18)12-13-23-20(22-2)24-15-17-6-4-5-7-19(17)21/h1,4-11H,12-15H2,2H3,(H2,22,23,24). The Kier molecular flexibility index (Phi) is 7.33. The average molecular weight is 339 g/mol. The predicted octanol–water partition coefficient (Wildman–Crippen LogP) is 2.75. The van der Waals surface area contributed by atoms with Gasteiger partial charge in [-0.3, -0.25) is 4.99 Å². The largest absolute Gasteiger partial charge is 0.481 e. The number of rotatable bonds is 7. The van der Waals surface area contributed by atoms with Crippen LogP contribution in [0.4, 0.5) is 4.39 Å². The number of hydrogen-bond acceptors (Lipinski definition) is 2. The molecule has 0 aliphatic carbocycles. The van der Waals surface area contributed by atoms with Crippen molar-refractivity contribution in [2.75, 3.05) is 20.2 Å². The summed E-state index contributed by atoms with van der Waals surface area (Å²) in [7, 11) is 1.69. The quantitative estimate of drug-likeness (QED) is 0.463. The van der Waals surface area contributed by atoms with Crippen molar-refractivity contribution >= 4 is 5.96 Å². The van der Waals surface area contributed by atoms with Crippen molar-refractivity contribution in [3.63, 3.8) is 0 Å². The van der Waals surface area contributed by atoms with Gasteiger partial charge in [-0.2, -0.15) is 0 Å². The minimum Gasteiger partial charge on any atom is -0.481 e. The fraction of sp³-hybridized carbons (Fsp3) is 0.250. The van der Waals surface area contributed by atoms with Gasteiger partial charge < -0.3 is 15.4 Å². The Balaban J connectivity index is 1.75. The van der Waals surface area contributed by atoms with Gasteiger partial charge in [0.2, 0.25) is 0 Å². The third-order valence-electron chi connectivity index (χ3n) is 3.58. The lowest BCUT2D eigenvalue weighted by Gasteiger charge is -2.12. The number of guanidine groups is 1. The van der Waals surface area contributed by atoms with Crippen LogP contribution in [-0.4, -0.2) is 26.2 Å². The van der Waals surface area contributed by atoms with Crippen molar-refractivity contribution in [2.45, 2.75) is 13.0 Å². The molecule has 0 aliphatic heterocycles. The van der Waals surface area contributed by atoms with Crippen LogP contribution < -0.4 is 15.4 Å². The number of terminal acetylenes is 1. The first-order valence-electron chi connectivity index (χ1n) is 8.06. The summed E-state index contributed by atoms with van der Waals surface area (Å²) in [6, 6.07) is 14.5. The van der Waals surface area contributed by atoms with E-state index in [9.17, 15) is 4.39 Å². The van der Waals surface area contributed by atoms with Crippen molar-refractivity contribution in [1.82, 2.24) is 10.6 Å². The molecule has 2 aromatic rings. The average Bonchev–Trinajstić information content (AvgIpc) is 2.65. The Morgan fingerprint density at radius 1 is 1.16 bits per heavy atom. The van der Waals surface area contributed by atoms with Crippen molar-refractivity contribution in [2.24, 2.45) is 4.99 Å². The van der Waals surface area contributed by atoms with Crippen molar-refractivity contribution < 1.29 is 9.13 Å². The Morgan fingerprint density at radius 3 is 2.60 bits per heavy atom. The van der Waals surface area contributed by atoms with E-state index < -0.39 is 0 Å². The van der Waals surface area contributed by atoms with Gasteiger partial charge in [0.25, 0.3) is 0 Å². The van der Waals surface area contributed by atoms with E-state index in [1.165, 1.54) is 11.6 Å². The lowest BCUT2D eigenvalue weighted by Crippen LogP contribution is -2.38. The first-order chi connectivity index (χ1) is 12.2. The smallest absolute Gasteiger partial charge is 0.191 e. The fourth-order valence-corrected chi connectivity index (χ4v) is 2.24. The molecular formula is C20H22FN3O. The molecule has 0 atom stereocenters. The van der Waals surface area contributed by atoms with Crippen molar-refractivity contribution in [3.05, 3.63) is 65.5 Å². The van der Waals surface area contributed by atoms with Gasteiger partial charge in [-0.15, -0.1) is 6.42 Å². The summed E-state index contributed by atoms with van der Waals surface area (Å²) in [4.78, 5) is 4.15. The number of aliphatic imine (C=N–C) groups is 1. The maximum absolute atomic E-state index is 13.6. The first-order valence-corrected chi connectivity index (χ1v) is 8.06. The van der Waals surface area contributed by atoms with E-state index in [0.29, 0.717) is 24.6 Å². The number of ether oxygens (including phenoxy) is 1. The molecule has 0 bridgehead atoms. The van der Waals surface area contributed by atoms with Gasteiger partial charge in [-0.25, -0.2) is 4.39 Å². The fourth-order valence-electron chi connectivity index (χ4n) is 2.24. The molecule has 2 N–H and O–H groups in total. The third-order valence-corrected chi connectivity index (χ3v) is 3.58. The van der Waals surface area contributed by atoms with Crippen LogP contribution >= 0.6 is 0 Å². The van der Waals surface area contributed by atoms with Gasteiger partial charge in [0, 0.05) is 25.7 Å². The molecule has 2 rings (SSSR count). The van der Waals surface area contributed by atoms with Crippen LogP contribution in [-0.2, 0) is 13.0 Å². The van der Waals surface area contributed by atoms with E-state index in [4.69, 9.17) is 11.2 Å². The monoisotopic (exact) mass is 339 g/mol. The van der Waals surface area contributed by atoms with Gasteiger partial charge in [0.1, 0.15) is 18.2 Å². The molecule has 0 saturated heterocycles. The van der Waals surface area contributed by atoms with Crippen LogP contribution in [0, 0.1) is 18.2 Å². The molecule has 0 aliphatic rings. The molecule has 130 valence electrons. The molecule has 0 unspecified atom stereocenters. The van der Waals surface area contributed by atoms with E-state index in [0.717, 1.165) is 12.2 Å². The van der Waals surface area contributed by atoms with E-state index in [-0.39, 0.29) is 12.4 Å². The highest BCUT2D eigenvalue weighted by atomic mass is 19.1. The van der Waals surface area contributed by atoms with Crippen LogP contribution in [0.1, 0.15) is 11.1 Å². The van der Waals surface area contributed by atoms with Gasteiger partial charge in [0.15, 0.2) is 5.96 Å². The number of halogens is 1. The maximum Gasteiger partial charge on any atom is 0.191 e. The Bertz CT molecular complexity index is 735. The van der Waals surface area contributed by atoms with Crippen LogP contribution in [0.5, 0.6) is 5.75 Å². The second-order valence-electron chi connectivity index (χ2n) is 5.33. The highest BCUT2D eigenvalue weighted by Gasteiger charge is 2.03. The SMILES string of the molecule is C#CCOc1ccc(CCNC(=NC)NCc2ccccc2F)cc1. The number of hydrogen-bond donors (Lipinski definition) is 2. The molecule has 0 spiro atoms. The Hall–Kier alpha value is -3.00. The summed E-state index contributed by atoms with van der Waals surface area (Å²) in [6.45, 7) is 1.36. The van der Waals surface area contributed by atoms with Crippen LogP contribution in [0.2, 0.25) is 0 Å². The third kappa shape index (κ3) is 6.19. The van der Waals surface area contributed by atoms with Gasteiger partial charge in [0.05, 0.1) is 0 Å². The zero-order chi connectivity index (χ0) is 17.9. The number of nitrogens with zero attached hydrogens (tertiary/aromatic N) is 1. The molecule has 5 heteroatoms. The first kappa shape index (κ1) is 18.3. The molecule has 0 fully saturated rings.